The van der Waals surface area contributed by atoms with Gasteiger partial charge >= 0.3 is 17.9 Å². The number of hydrazine groups is 2. The van der Waals surface area contributed by atoms with Gasteiger partial charge in [0.25, 0.3) is 11.8 Å². The number of nitrogens with two attached hydrogens (primary N) is 1. The molecule has 2 aliphatic heterocycles. The number of ether oxygens (including phenoxy) is 2. The lowest BCUT2D eigenvalue weighted by atomic mass is 9.92. The molecule has 0 bridgehead atoms. The van der Waals surface area contributed by atoms with Crippen molar-refractivity contribution >= 4 is 81.4 Å². The summed E-state index contributed by atoms with van der Waals surface area (Å²) in [6, 6.07) is 16.0. The van der Waals surface area contributed by atoms with Crippen LogP contribution in [0.3, 0.4) is 0 Å². The van der Waals surface area contributed by atoms with Crippen molar-refractivity contribution < 1.29 is 63.1 Å². The fourth-order valence-electron chi connectivity index (χ4n) is 8.71. The molecule has 2 aromatic carbocycles. The molecule has 4 heterocycles. The van der Waals surface area contributed by atoms with E-state index >= 15 is 0 Å². The van der Waals surface area contributed by atoms with E-state index in [-0.39, 0.29) is 41.6 Å². The number of aliphatic hydroxyl groups is 2. The third kappa shape index (κ3) is 20.2. The van der Waals surface area contributed by atoms with Crippen molar-refractivity contribution in [3.8, 4) is 0 Å². The van der Waals surface area contributed by atoms with Gasteiger partial charge in [-0.1, -0.05) is 88.4 Å². The number of hydrogen-bond donors (Lipinski definition) is 9. The van der Waals surface area contributed by atoms with Gasteiger partial charge in [0, 0.05) is 29.9 Å². The predicted molar refractivity (Wildman–Crippen MR) is 323 cm³/mol. The van der Waals surface area contributed by atoms with Crippen molar-refractivity contribution in [2.45, 2.75) is 157 Å². The summed E-state index contributed by atoms with van der Waals surface area (Å²) < 4.78 is 9.66. The first-order valence-electron chi connectivity index (χ1n) is 28.6. The van der Waals surface area contributed by atoms with Crippen molar-refractivity contribution in [2.75, 3.05) is 27.3 Å². The number of pyridine rings is 2. The molecule has 8 atom stereocenters. The molecule has 6 rings (SSSR count). The molecule has 2 fully saturated rings. The molecule has 0 spiro atoms. The topological polar surface area (TPSA) is 334 Å². The van der Waals surface area contributed by atoms with Crippen LogP contribution in [0, 0.1) is 22.7 Å². The van der Waals surface area contributed by atoms with Gasteiger partial charge in [0.2, 0.25) is 17.7 Å². The van der Waals surface area contributed by atoms with Crippen LogP contribution >= 0.6 is 0 Å². The fourth-order valence-corrected chi connectivity index (χ4v) is 8.71. The maximum atomic E-state index is 13.1. The Bertz CT molecular complexity index is 3070. The van der Waals surface area contributed by atoms with Crippen LogP contribution in [-0.2, 0) is 47.8 Å². The average Bonchev–Trinajstić information content (AvgIpc) is 3.69. The first-order valence-corrected chi connectivity index (χ1v) is 28.6. The Morgan fingerprint density at radius 3 is 1.40 bits per heavy atom. The molecule has 4 aromatic rings. The molecule has 2 saturated heterocycles. The summed E-state index contributed by atoms with van der Waals surface area (Å²) >= 11 is 0. The third-order valence-corrected chi connectivity index (χ3v) is 14.3. The highest BCUT2D eigenvalue weighted by atomic mass is 16.5. The smallest absolute Gasteiger partial charge is 0.322 e. The third-order valence-electron chi connectivity index (χ3n) is 14.3. The summed E-state index contributed by atoms with van der Waals surface area (Å²) in [5, 5.41) is 41.1. The Kier molecular flexibility index (Phi) is 25.8. The number of nitrogens with one attached hydrogen (secondary N) is 5. The van der Waals surface area contributed by atoms with E-state index in [9.17, 15) is 48.6 Å². The first-order chi connectivity index (χ1) is 39.8. The molecular formula is C62H88N10O13. The zero-order valence-corrected chi connectivity index (χ0v) is 51.4. The lowest BCUT2D eigenvalue weighted by Crippen LogP contribution is -2.61. The zero-order chi connectivity index (χ0) is 63.7. The minimum Gasteiger partial charge on any atom is -0.480 e. The number of methoxy groups -OCH3 is 2. The van der Waals surface area contributed by atoms with Gasteiger partial charge in [-0.2, -0.15) is 0 Å². The lowest BCUT2D eigenvalue weighted by molar-refractivity contribution is -0.149. The molecule has 0 radical (unpaired) electrons. The van der Waals surface area contributed by atoms with Crippen molar-refractivity contribution in [1.82, 2.24) is 46.8 Å². The standard InChI is InChI=1S/C31H43N5O6.C18H22N2O2.C13H23N3O5/c1-18(2)26(37)28(39)33-20(4)29(40)36-16-8-9-24(35-36)27(38)32-19(3)23-13-12-22-11-10-21(17-25(22)34-23)14-15-31(5,6)30(41)42-7;1-12(19)15-8-7-14-6-5-13(11-16(14)20-15)9-10-18(2,3)17(21)22-4;1-7(2)10(17)11(18)14-8(3)12(19)16-6-4-5-9(15-16)13(20)21/h10-15,17-20,24,26,35,37H,8-9,16H2,1-7H3,(H,32,38)(H,33,39);5-12H,19H2,1-4H3;7-10,15,17H,4-6H2,1-3H3,(H,14,18)(H,20,21)/b15-14+;10-9+;/t19-,20+,24+,26+;12-;8-,9-,10-/m110/s1. The van der Waals surface area contributed by atoms with Gasteiger partial charge in [0.05, 0.1) is 53.5 Å². The van der Waals surface area contributed by atoms with Crippen molar-refractivity contribution in [2.24, 2.45) is 28.4 Å². The molecule has 0 aliphatic carbocycles. The first kappa shape index (κ1) is 69.8. The van der Waals surface area contributed by atoms with E-state index in [1.54, 1.807) is 54.5 Å². The van der Waals surface area contributed by atoms with Crippen LogP contribution < -0.4 is 32.5 Å². The number of carbonyl (C=O) groups is 8. The van der Waals surface area contributed by atoms with Gasteiger partial charge in [-0.25, -0.2) is 10.9 Å². The summed E-state index contributed by atoms with van der Waals surface area (Å²) in [6.45, 7) is 21.6. The number of aliphatic carboxylic acids is 1. The van der Waals surface area contributed by atoms with Gasteiger partial charge in [0.15, 0.2) is 0 Å². The number of carboxylic acids is 1. The summed E-state index contributed by atoms with van der Waals surface area (Å²) in [7, 11) is 2.76. The summed E-state index contributed by atoms with van der Waals surface area (Å²) in [5.41, 5.74) is 15.1. The maximum absolute atomic E-state index is 13.1. The monoisotopic (exact) mass is 1180 g/mol. The van der Waals surface area contributed by atoms with Crippen molar-refractivity contribution in [3.05, 3.63) is 95.3 Å². The number of fused-ring (bicyclic) bond motifs is 2. The number of esters is 2. The van der Waals surface area contributed by atoms with Crippen molar-refractivity contribution in [3.63, 3.8) is 0 Å². The predicted octanol–water partition coefficient (Wildman–Crippen LogP) is 5.20. The fraction of sp³-hybridized carbons (Fsp3) is 0.516. The van der Waals surface area contributed by atoms with Gasteiger partial charge in [-0.3, -0.25) is 58.3 Å². The van der Waals surface area contributed by atoms with E-state index in [0.29, 0.717) is 44.5 Å². The van der Waals surface area contributed by atoms with Crippen LogP contribution in [0.2, 0.25) is 0 Å². The van der Waals surface area contributed by atoms with E-state index in [1.807, 2.05) is 107 Å². The minimum absolute atomic E-state index is 0.0955. The molecule has 23 nitrogen and oxygen atoms in total. The van der Waals surface area contributed by atoms with Crippen LogP contribution in [0.1, 0.15) is 143 Å². The number of carboxylic acid groups (broad SMARTS) is 1. The minimum atomic E-state index is -1.21. The van der Waals surface area contributed by atoms with Gasteiger partial charge in [0.1, 0.15) is 36.4 Å². The SMILES string of the molecule is CC(C)[C@H](O)C(=O)N[C@@H](C)C(=O)N1CCC[C@@H](C(=O)O)N1.COC(=O)C(C)(C)/C=C/c1ccc2ccc([C@@H](C)N)nc2c1.COC(=O)C(C)(C)/C=C/c1ccc2ccc([C@@H](C)NC(=O)[C@@H]3CCCN(C(=O)[C@H](C)NC(=O)[C@@H](O)C(C)C)N3)nc2c1. The largest absolute Gasteiger partial charge is 0.480 e. The van der Waals surface area contributed by atoms with Crippen LogP contribution in [-0.4, -0.2) is 146 Å². The Morgan fingerprint density at radius 1 is 0.612 bits per heavy atom. The molecule has 10 N–H and O–H groups in total. The lowest BCUT2D eigenvalue weighted by Gasteiger charge is -2.35. The summed E-state index contributed by atoms with van der Waals surface area (Å²) in [5.74, 6) is -4.44. The Labute approximate surface area is 497 Å². The van der Waals surface area contributed by atoms with Crippen LogP contribution in [0.5, 0.6) is 0 Å². The number of amides is 5. The van der Waals surface area contributed by atoms with E-state index in [4.69, 9.17) is 25.3 Å². The average molecular weight is 1180 g/mol. The molecular weight excluding hydrogens is 1090 g/mol. The number of benzene rings is 2. The number of carbonyl (C=O) groups excluding carboxylic acids is 7. The second-order valence-corrected chi connectivity index (χ2v) is 23.3. The number of rotatable bonds is 19. The second kappa shape index (κ2) is 31.4. The van der Waals surface area contributed by atoms with E-state index in [2.05, 4.69) is 31.8 Å². The zero-order valence-electron chi connectivity index (χ0n) is 51.4. The van der Waals surface area contributed by atoms with Crippen LogP contribution in [0.15, 0.2) is 72.8 Å². The number of aromatic nitrogens is 2. The highest BCUT2D eigenvalue weighted by Gasteiger charge is 2.34. The molecule has 2 aromatic heterocycles. The second-order valence-electron chi connectivity index (χ2n) is 23.3. The van der Waals surface area contributed by atoms with Gasteiger partial charge in [-0.15, -0.1) is 0 Å². The van der Waals surface area contributed by atoms with Gasteiger partial charge < -0.3 is 46.5 Å². The van der Waals surface area contributed by atoms with E-state index in [1.165, 1.54) is 31.2 Å². The number of aliphatic hydroxyl groups excluding tert-OH is 2. The van der Waals surface area contributed by atoms with Crippen LogP contribution in [0.25, 0.3) is 34.0 Å². The Hall–Kier alpha value is -7.70. The highest BCUT2D eigenvalue weighted by Crippen LogP contribution is 2.25. The summed E-state index contributed by atoms with van der Waals surface area (Å²) in [6.07, 6.45) is 7.19. The van der Waals surface area contributed by atoms with E-state index in [0.717, 1.165) is 38.6 Å². The maximum Gasteiger partial charge on any atom is 0.322 e. The van der Waals surface area contributed by atoms with Gasteiger partial charge in [-0.05, 0) is 128 Å². The Balaban J connectivity index is 0.000000302. The molecule has 85 heavy (non-hydrogen) atoms. The molecule has 464 valence electrons. The molecule has 2 aliphatic rings. The molecule has 5 amide bonds. The quantitative estimate of drug-likeness (QED) is 0.0545. The van der Waals surface area contributed by atoms with E-state index < -0.39 is 76.9 Å². The molecule has 0 saturated carbocycles. The highest BCUT2D eigenvalue weighted by molar-refractivity contribution is 5.91. The van der Waals surface area contributed by atoms with Crippen molar-refractivity contribution in [1.29, 1.82) is 0 Å². The Morgan fingerprint density at radius 2 is 1.00 bits per heavy atom. The van der Waals surface area contributed by atoms with Crippen LogP contribution in [0.4, 0.5) is 0 Å². The molecule has 0 unspecified atom stereocenters. The number of hydrogen-bond acceptors (Lipinski definition) is 17. The summed E-state index contributed by atoms with van der Waals surface area (Å²) in [4.78, 5) is 106. The normalized spacial score (nSPS) is 17.8. The number of nitrogens with zero attached hydrogens (tertiary/aromatic N) is 4. The molecule has 23 heteroatoms.